The average molecular weight is 914 g/mol. The molecule has 0 aromatic rings. The van der Waals surface area contributed by atoms with Gasteiger partial charge in [-0.2, -0.15) is 0 Å². The molecule has 0 aliphatic carbocycles. The number of likely N-dealkylation sites (N-methyl/N-ethyl adjacent to an activating group) is 1. The van der Waals surface area contributed by atoms with Crippen molar-refractivity contribution in [3.8, 4) is 0 Å². The molecule has 0 aromatic carbocycles. The van der Waals surface area contributed by atoms with Crippen molar-refractivity contribution in [2.24, 2.45) is 0 Å². The number of phosphoric ester groups is 1. The molecule has 63 heavy (non-hydrogen) atoms. The number of hydrogen-bond acceptors (Lipinski definition) is 5. The maximum Gasteiger partial charge on any atom is 0.472 e. The van der Waals surface area contributed by atoms with Crippen LogP contribution < -0.4 is 5.32 Å². The molecular formula is C54H110N2O6P+. The van der Waals surface area contributed by atoms with Gasteiger partial charge in [0, 0.05) is 6.42 Å². The first-order valence-electron chi connectivity index (χ1n) is 27.6. The molecule has 9 heteroatoms. The fourth-order valence-corrected chi connectivity index (χ4v) is 9.13. The molecule has 1 amide bonds. The summed E-state index contributed by atoms with van der Waals surface area (Å²) in [5, 5.41) is 13.7. The highest BCUT2D eigenvalue weighted by molar-refractivity contribution is 7.47. The van der Waals surface area contributed by atoms with Crippen molar-refractivity contribution in [1.82, 2.24) is 5.32 Å². The van der Waals surface area contributed by atoms with Crippen LogP contribution in [0, 0.1) is 0 Å². The summed E-state index contributed by atoms with van der Waals surface area (Å²) in [6.07, 6.45) is 56.6. The van der Waals surface area contributed by atoms with Gasteiger partial charge in [-0.1, -0.05) is 264 Å². The number of nitrogens with one attached hydrogen (secondary N) is 1. The van der Waals surface area contributed by atoms with Crippen molar-refractivity contribution in [1.29, 1.82) is 0 Å². The Balaban J connectivity index is 3.73. The average Bonchev–Trinajstić information content (AvgIpc) is 3.24. The van der Waals surface area contributed by atoms with E-state index in [9.17, 15) is 19.4 Å². The number of aliphatic hydroxyl groups is 1. The summed E-state index contributed by atoms with van der Waals surface area (Å²) in [6.45, 7) is 4.76. The molecule has 376 valence electrons. The first kappa shape index (κ1) is 62.2. The van der Waals surface area contributed by atoms with Crippen molar-refractivity contribution in [2.75, 3.05) is 40.9 Å². The Morgan fingerprint density at radius 1 is 0.524 bits per heavy atom. The van der Waals surface area contributed by atoms with Crippen LogP contribution in [0.1, 0.15) is 277 Å². The third kappa shape index (κ3) is 49.0. The molecule has 0 aliphatic heterocycles. The van der Waals surface area contributed by atoms with Gasteiger partial charge in [-0.05, 0) is 19.3 Å². The largest absolute Gasteiger partial charge is 0.472 e. The second kappa shape index (κ2) is 46.4. The van der Waals surface area contributed by atoms with Crippen LogP contribution >= 0.6 is 7.82 Å². The zero-order chi connectivity index (χ0) is 46.4. The van der Waals surface area contributed by atoms with E-state index in [0.29, 0.717) is 17.4 Å². The van der Waals surface area contributed by atoms with Gasteiger partial charge in [-0.3, -0.25) is 13.8 Å². The first-order chi connectivity index (χ1) is 30.5. The zero-order valence-corrected chi connectivity index (χ0v) is 43.7. The van der Waals surface area contributed by atoms with E-state index in [1.165, 1.54) is 212 Å². The van der Waals surface area contributed by atoms with E-state index in [2.05, 4.69) is 19.2 Å². The lowest BCUT2D eigenvalue weighted by atomic mass is 10.0. The quantitative estimate of drug-likeness (QED) is 0.0243. The third-order valence-electron chi connectivity index (χ3n) is 12.8. The van der Waals surface area contributed by atoms with Crippen molar-refractivity contribution < 1.29 is 32.9 Å². The van der Waals surface area contributed by atoms with E-state index in [1.807, 2.05) is 27.2 Å². The summed E-state index contributed by atoms with van der Waals surface area (Å²) in [6, 6.07) is -0.838. The molecule has 0 aliphatic rings. The third-order valence-corrected chi connectivity index (χ3v) is 13.7. The van der Waals surface area contributed by atoms with Gasteiger partial charge in [0.1, 0.15) is 13.2 Å². The van der Waals surface area contributed by atoms with E-state index in [1.54, 1.807) is 6.08 Å². The molecular weight excluding hydrogens is 804 g/mol. The summed E-state index contributed by atoms with van der Waals surface area (Å²) in [5.74, 6) is -0.177. The smallest absolute Gasteiger partial charge is 0.387 e. The Bertz CT molecular complexity index is 1040. The lowest BCUT2D eigenvalue weighted by Crippen LogP contribution is -2.45. The Morgan fingerprint density at radius 3 is 1.17 bits per heavy atom. The van der Waals surface area contributed by atoms with E-state index >= 15 is 0 Å². The SMILES string of the molecule is CCCCCC/C=C/C(O)C(COP(=O)(O)OCC[N+](C)(C)C)NC(=O)CCCCCCCCCCCCCCCCCCCCCCCCCCCCCCCCCCCCC. The highest BCUT2D eigenvalue weighted by Gasteiger charge is 2.27. The number of phosphoric acid groups is 1. The van der Waals surface area contributed by atoms with Crippen molar-refractivity contribution in [3.63, 3.8) is 0 Å². The van der Waals surface area contributed by atoms with Crippen LogP contribution in [0.4, 0.5) is 0 Å². The number of allylic oxidation sites excluding steroid dienone is 1. The van der Waals surface area contributed by atoms with Crippen molar-refractivity contribution >= 4 is 13.7 Å². The van der Waals surface area contributed by atoms with Gasteiger partial charge in [0.2, 0.25) is 5.91 Å². The fourth-order valence-electron chi connectivity index (χ4n) is 8.40. The molecule has 8 nitrogen and oxygen atoms in total. The molecule has 3 unspecified atom stereocenters. The number of unbranched alkanes of at least 4 members (excludes halogenated alkanes) is 38. The first-order valence-corrected chi connectivity index (χ1v) is 29.1. The lowest BCUT2D eigenvalue weighted by molar-refractivity contribution is -0.870. The van der Waals surface area contributed by atoms with Crippen molar-refractivity contribution in [2.45, 2.75) is 289 Å². The van der Waals surface area contributed by atoms with Gasteiger partial charge < -0.3 is 19.8 Å². The van der Waals surface area contributed by atoms with Crippen LogP contribution in [0.2, 0.25) is 0 Å². The predicted octanol–water partition coefficient (Wildman–Crippen LogP) is 16.3. The van der Waals surface area contributed by atoms with Crippen LogP contribution in [-0.4, -0.2) is 73.4 Å². The summed E-state index contributed by atoms with van der Waals surface area (Å²) in [4.78, 5) is 23.0. The van der Waals surface area contributed by atoms with Gasteiger partial charge in [-0.15, -0.1) is 0 Å². The zero-order valence-electron chi connectivity index (χ0n) is 42.8. The fraction of sp³-hybridized carbons (Fsp3) is 0.944. The molecule has 0 aromatic heterocycles. The van der Waals surface area contributed by atoms with Gasteiger partial charge in [0.05, 0.1) is 39.9 Å². The molecule has 0 heterocycles. The molecule has 0 spiro atoms. The second-order valence-corrected chi connectivity index (χ2v) is 21.8. The minimum absolute atomic E-state index is 0.0638. The predicted molar refractivity (Wildman–Crippen MR) is 272 cm³/mol. The summed E-state index contributed by atoms with van der Waals surface area (Å²) < 4.78 is 23.4. The van der Waals surface area contributed by atoms with Gasteiger partial charge in [0.25, 0.3) is 0 Å². The summed E-state index contributed by atoms with van der Waals surface area (Å²) in [5.41, 5.74) is 0. The molecule has 0 saturated heterocycles. The van der Waals surface area contributed by atoms with Gasteiger partial charge in [-0.25, -0.2) is 4.57 Å². The molecule has 0 fully saturated rings. The second-order valence-electron chi connectivity index (χ2n) is 20.3. The molecule has 0 bridgehead atoms. The van der Waals surface area contributed by atoms with E-state index in [-0.39, 0.29) is 19.1 Å². The minimum Gasteiger partial charge on any atom is -0.387 e. The lowest BCUT2D eigenvalue weighted by Gasteiger charge is -2.25. The van der Waals surface area contributed by atoms with Gasteiger partial charge in [0.15, 0.2) is 0 Å². The van der Waals surface area contributed by atoms with Crippen LogP contribution in [0.5, 0.6) is 0 Å². The Labute approximate surface area is 392 Å². The number of quaternary nitrogens is 1. The highest BCUT2D eigenvalue weighted by atomic mass is 31.2. The number of hydrogen-bond donors (Lipinski definition) is 3. The van der Waals surface area contributed by atoms with E-state index in [0.717, 1.165) is 44.9 Å². The molecule has 0 rings (SSSR count). The topological polar surface area (TPSA) is 105 Å². The highest BCUT2D eigenvalue weighted by Crippen LogP contribution is 2.43. The van der Waals surface area contributed by atoms with Crippen LogP contribution in [0.3, 0.4) is 0 Å². The maximum absolute atomic E-state index is 12.8. The number of aliphatic hydroxyl groups excluding tert-OH is 1. The number of rotatable bonds is 51. The normalized spacial score (nSPS) is 14.1. The van der Waals surface area contributed by atoms with Crippen LogP contribution in [-0.2, 0) is 18.4 Å². The Hall–Kier alpha value is -0.760. The van der Waals surface area contributed by atoms with Crippen molar-refractivity contribution in [3.05, 3.63) is 12.2 Å². The number of carbonyl (C=O) groups excluding carboxylic acids is 1. The molecule has 0 radical (unpaired) electrons. The molecule has 0 saturated carbocycles. The summed E-state index contributed by atoms with van der Waals surface area (Å²) in [7, 11) is 1.58. The summed E-state index contributed by atoms with van der Waals surface area (Å²) >= 11 is 0. The number of amides is 1. The maximum atomic E-state index is 12.8. The standard InChI is InChI=1S/C54H109N2O6P/c1-6-8-10-12-14-15-16-17-18-19-20-21-22-23-24-25-26-27-28-29-30-31-32-33-34-35-36-37-38-39-40-41-42-44-46-48-54(58)55-52(53(57)47-45-43-13-11-9-7-2)51-62-63(59,60)61-50-49-56(3,4)5/h45,47,52-53,57H,6-44,46,48-51H2,1-5H3,(H-,55,58,59,60)/p+1/b47-45+. The molecule has 3 atom stereocenters. The molecule has 3 N–H and O–H groups in total. The Kier molecular flexibility index (Phi) is 45.8. The van der Waals surface area contributed by atoms with Crippen LogP contribution in [0.15, 0.2) is 12.2 Å². The monoisotopic (exact) mass is 914 g/mol. The minimum atomic E-state index is -4.32. The van der Waals surface area contributed by atoms with E-state index < -0.39 is 20.0 Å². The Morgan fingerprint density at radius 2 is 0.841 bits per heavy atom. The number of carbonyl (C=O) groups is 1. The van der Waals surface area contributed by atoms with Gasteiger partial charge >= 0.3 is 7.82 Å². The van der Waals surface area contributed by atoms with Crippen LogP contribution in [0.25, 0.3) is 0 Å². The number of nitrogens with zero attached hydrogens (tertiary/aromatic N) is 1. The van der Waals surface area contributed by atoms with E-state index in [4.69, 9.17) is 9.05 Å².